The Balaban J connectivity index is 1.02. The van der Waals surface area contributed by atoms with E-state index in [1.54, 1.807) is 0 Å². The van der Waals surface area contributed by atoms with Crippen molar-refractivity contribution in [3.63, 3.8) is 0 Å². The van der Waals surface area contributed by atoms with Gasteiger partial charge in [-0.25, -0.2) is 0 Å². The summed E-state index contributed by atoms with van der Waals surface area (Å²) in [4.78, 5) is 2.52. The molecule has 2 unspecified atom stereocenters. The zero-order chi connectivity index (χ0) is 34.6. The Morgan fingerprint density at radius 2 is 1.31 bits per heavy atom. The molecule has 3 heteroatoms. The van der Waals surface area contributed by atoms with E-state index in [-0.39, 0.29) is 6.04 Å². The molecule has 2 aliphatic carbocycles. The fourth-order valence-corrected chi connectivity index (χ4v) is 8.50. The quantitative estimate of drug-likeness (QED) is 0.183. The van der Waals surface area contributed by atoms with E-state index in [2.05, 4.69) is 173 Å². The number of rotatable bonds is 5. The fourth-order valence-electron chi connectivity index (χ4n) is 8.50. The molecule has 0 bridgehead atoms. The summed E-state index contributed by atoms with van der Waals surface area (Å²) in [5.41, 5.74) is 15.3. The van der Waals surface area contributed by atoms with Gasteiger partial charge in [0.25, 0.3) is 0 Å². The molecule has 52 heavy (non-hydrogen) atoms. The van der Waals surface area contributed by atoms with Crippen LogP contribution in [0.1, 0.15) is 35.4 Å². The van der Waals surface area contributed by atoms with Gasteiger partial charge < -0.3 is 9.47 Å². The van der Waals surface area contributed by atoms with Crippen molar-refractivity contribution in [2.24, 2.45) is 0 Å². The van der Waals surface area contributed by atoms with Gasteiger partial charge in [0, 0.05) is 33.8 Å². The predicted octanol–water partition coefficient (Wildman–Crippen LogP) is 12.5. The summed E-state index contributed by atoms with van der Waals surface area (Å²) in [5.74, 6) is 0.293. The molecule has 3 nitrogen and oxygen atoms in total. The summed E-state index contributed by atoms with van der Waals surface area (Å²) in [6.45, 7) is 0. The zero-order valence-corrected chi connectivity index (χ0v) is 28.7. The fraction of sp³-hybridized carbons (Fsp3) is 0.0816. The Labute approximate surface area is 304 Å². The average molecular weight is 666 g/mol. The number of nitriles is 1. The Kier molecular flexibility index (Phi) is 7.15. The van der Waals surface area contributed by atoms with Crippen LogP contribution in [0.2, 0.25) is 0 Å². The topological polar surface area (TPSA) is 32.0 Å². The largest absolute Gasteiger partial charge is 0.333 e. The maximum Gasteiger partial charge on any atom is 0.0991 e. The molecule has 6 aromatic carbocycles. The SMILES string of the molecule is N#Cc1cccc(-c2ccc(-n3c4ccccc4c4cc(-c5ccc6c(c5)C5C=CC=CC5N6c5ccc(C6=CC=CCC6)cc5)ccc43)cc2)c1. The van der Waals surface area contributed by atoms with E-state index in [9.17, 15) is 5.26 Å². The molecule has 0 radical (unpaired) electrons. The summed E-state index contributed by atoms with van der Waals surface area (Å²) in [6.07, 6.45) is 18.0. The predicted molar refractivity (Wildman–Crippen MR) is 216 cm³/mol. The molecule has 0 N–H and O–H groups in total. The minimum Gasteiger partial charge on any atom is -0.333 e. The number of anilines is 2. The number of hydrogen-bond donors (Lipinski definition) is 0. The Morgan fingerprint density at radius 3 is 2.15 bits per heavy atom. The molecular formula is C49H35N3. The summed E-state index contributed by atoms with van der Waals surface area (Å²) >= 11 is 0. The van der Waals surface area contributed by atoms with Crippen molar-refractivity contribution in [2.45, 2.75) is 24.8 Å². The van der Waals surface area contributed by atoms with Crippen LogP contribution < -0.4 is 4.90 Å². The second-order valence-corrected chi connectivity index (χ2v) is 14.0. The second-order valence-electron chi connectivity index (χ2n) is 14.0. The first-order chi connectivity index (χ1) is 25.7. The lowest BCUT2D eigenvalue weighted by Gasteiger charge is -2.29. The van der Waals surface area contributed by atoms with Gasteiger partial charge in [-0.1, -0.05) is 109 Å². The van der Waals surface area contributed by atoms with E-state index in [1.165, 1.54) is 61.0 Å². The van der Waals surface area contributed by atoms with Crippen LogP contribution in [0.15, 0.2) is 176 Å². The summed E-state index contributed by atoms with van der Waals surface area (Å²) in [6, 6.07) is 50.8. The van der Waals surface area contributed by atoms with Crippen molar-refractivity contribution in [1.29, 1.82) is 5.26 Å². The van der Waals surface area contributed by atoms with Crippen LogP contribution in [-0.2, 0) is 0 Å². The highest BCUT2D eigenvalue weighted by Gasteiger charge is 2.37. The summed E-state index contributed by atoms with van der Waals surface area (Å²) in [7, 11) is 0. The smallest absolute Gasteiger partial charge is 0.0991 e. The molecule has 7 aromatic rings. The van der Waals surface area contributed by atoms with Gasteiger partial charge in [-0.2, -0.15) is 5.26 Å². The van der Waals surface area contributed by atoms with Gasteiger partial charge in [-0.15, -0.1) is 0 Å². The molecule has 2 heterocycles. The maximum atomic E-state index is 9.39. The van der Waals surface area contributed by atoms with E-state index in [0.717, 1.165) is 29.7 Å². The summed E-state index contributed by atoms with van der Waals surface area (Å²) < 4.78 is 2.36. The number of aromatic nitrogens is 1. The number of hydrogen-bond acceptors (Lipinski definition) is 2. The van der Waals surface area contributed by atoms with Gasteiger partial charge in [-0.05, 0) is 119 Å². The standard InChI is InChI=1S/C49H35N3/c50-32-33-9-8-12-37(29-33)36-19-25-41(26-20-36)52-47-16-7-5-14-43(47)45-31-39(22-28-49(45)52)38-21-27-48-44(30-38)42-13-4-6-15-46(42)51(48)40-23-17-35(18-24-40)34-10-2-1-3-11-34/h1-2,4-10,12-31,42,46H,3,11H2. The van der Waals surface area contributed by atoms with Crippen LogP contribution in [0.3, 0.4) is 0 Å². The minimum atomic E-state index is 0.250. The van der Waals surface area contributed by atoms with E-state index >= 15 is 0 Å². The van der Waals surface area contributed by atoms with Crippen LogP contribution in [0.25, 0.3) is 55.3 Å². The van der Waals surface area contributed by atoms with Crippen LogP contribution in [0, 0.1) is 11.3 Å². The summed E-state index contributed by atoms with van der Waals surface area (Å²) in [5, 5.41) is 11.9. The number of benzene rings is 6. The highest BCUT2D eigenvalue weighted by Crippen LogP contribution is 2.49. The van der Waals surface area contributed by atoms with Crippen molar-refractivity contribution in [2.75, 3.05) is 4.90 Å². The molecule has 0 saturated heterocycles. The first-order valence-corrected chi connectivity index (χ1v) is 18.1. The lowest BCUT2D eigenvalue weighted by atomic mass is 9.89. The van der Waals surface area contributed by atoms with Crippen LogP contribution in [0.5, 0.6) is 0 Å². The third kappa shape index (κ3) is 4.95. The van der Waals surface area contributed by atoms with Crippen LogP contribution in [0.4, 0.5) is 11.4 Å². The lowest BCUT2D eigenvalue weighted by Crippen LogP contribution is -2.28. The average Bonchev–Trinajstić information content (AvgIpc) is 3.73. The molecule has 1 aliphatic heterocycles. The normalized spacial score (nSPS) is 17.3. The van der Waals surface area contributed by atoms with Gasteiger partial charge in [0.05, 0.1) is 28.7 Å². The molecule has 1 aromatic heterocycles. The Hall–Kier alpha value is -6.63. The van der Waals surface area contributed by atoms with Gasteiger partial charge in [0.1, 0.15) is 0 Å². The van der Waals surface area contributed by atoms with Crippen molar-refractivity contribution < 1.29 is 0 Å². The highest BCUT2D eigenvalue weighted by atomic mass is 15.2. The molecule has 0 saturated carbocycles. The van der Waals surface area contributed by atoms with Gasteiger partial charge in [-0.3, -0.25) is 0 Å². The number of para-hydroxylation sites is 1. The zero-order valence-electron chi connectivity index (χ0n) is 28.7. The van der Waals surface area contributed by atoms with E-state index in [1.807, 2.05) is 18.2 Å². The van der Waals surface area contributed by atoms with Crippen molar-refractivity contribution in [3.05, 3.63) is 193 Å². The van der Waals surface area contributed by atoms with E-state index in [4.69, 9.17) is 0 Å². The molecule has 3 aliphatic rings. The van der Waals surface area contributed by atoms with Crippen LogP contribution >= 0.6 is 0 Å². The van der Waals surface area contributed by atoms with Crippen molar-refractivity contribution >= 4 is 38.8 Å². The monoisotopic (exact) mass is 665 g/mol. The molecule has 2 atom stereocenters. The number of allylic oxidation sites excluding steroid dienone is 6. The Bertz CT molecular complexity index is 2690. The van der Waals surface area contributed by atoms with E-state index in [0.29, 0.717) is 11.5 Å². The maximum absolute atomic E-state index is 9.39. The Morgan fingerprint density at radius 1 is 0.577 bits per heavy atom. The minimum absolute atomic E-state index is 0.250. The van der Waals surface area contributed by atoms with Gasteiger partial charge in [0.15, 0.2) is 0 Å². The lowest BCUT2D eigenvalue weighted by molar-refractivity contribution is 0.745. The van der Waals surface area contributed by atoms with Gasteiger partial charge >= 0.3 is 0 Å². The molecular weight excluding hydrogens is 631 g/mol. The molecule has 0 fully saturated rings. The first-order valence-electron chi connectivity index (χ1n) is 18.1. The van der Waals surface area contributed by atoms with Crippen molar-refractivity contribution in [1.82, 2.24) is 4.57 Å². The molecule has 10 rings (SSSR count). The van der Waals surface area contributed by atoms with E-state index < -0.39 is 0 Å². The van der Waals surface area contributed by atoms with Crippen molar-refractivity contribution in [3.8, 4) is 34.0 Å². The molecule has 246 valence electrons. The molecule has 0 spiro atoms. The second kappa shape index (κ2) is 12.3. The number of nitrogens with zero attached hydrogens (tertiary/aromatic N) is 3. The third-order valence-corrected chi connectivity index (χ3v) is 11.0. The van der Waals surface area contributed by atoms with Crippen LogP contribution in [-0.4, -0.2) is 10.6 Å². The molecule has 0 amide bonds. The van der Waals surface area contributed by atoms with Gasteiger partial charge in [0.2, 0.25) is 0 Å². The highest BCUT2D eigenvalue weighted by molar-refractivity contribution is 6.10. The number of fused-ring (bicyclic) bond motifs is 6. The third-order valence-electron chi connectivity index (χ3n) is 11.0. The first kappa shape index (κ1) is 30.2.